The van der Waals surface area contributed by atoms with Gasteiger partial charge in [-0.15, -0.1) is 30.6 Å². The summed E-state index contributed by atoms with van der Waals surface area (Å²) in [4.78, 5) is 15.8. The number of rotatable bonds is 6. The minimum Gasteiger partial charge on any atom is -0.356 e. The molecule has 3 N–H and O–H groups in total. The standard InChI is InChI=1S/C14H26N4O.HI/c1-3-10-16-14(15-2)17-11-9-13(19)18-12-7-5-4-6-8-12;/h3,12H,1,4-11H2,2H3,(H,18,19)(H2,15,16,17);1H. The van der Waals surface area contributed by atoms with Gasteiger partial charge in [-0.2, -0.15) is 0 Å². The number of aliphatic imine (C=N–C) groups is 1. The Labute approximate surface area is 139 Å². The number of nitrogens with one attached hydrogen (secondary N) is 3. The minimum absolute atomic E-state index is 0. The Morgan fingerprint density at radius 3 is 2.60 bits per heavy atom. The van der Waals surface area contributed by atoms with Crippen LogP contribution in [0.5, 0.6) is 0 Å². The first-order valence-corrected chi connectivity index (χ1v) is 7.11. The third-order valence-corrected chi connectivity index (χ3v) is 3.25. The van der Waals surface area contributed by atoms with E-state index < -0.39 is 0 Å². The number of hydrogen-bond donors (Lipinski definition) is 3. The molecule has 0 aromatic rings. The van der Waals surface area contributed by atoms with Crippen molar-refractivity contribution in [3.63, 3.8) is 0 Å². The molecule has 0 heterocycles. The lowest BCUT2D eigenvalue weighted by Crippen LogP contribution is -2.41. The molecule has 116 valence electrons. The molecule has 0 unspecified atom stereocenters. The van der Waals surface area contributed by atoms with E-state index >= 15 is 0 Å². The fraction of sp³-hybridized carbons (Fsp3) is 0.714. The molecule has 5 nitrogen and oxygen atoms in total. The van der Waals surface area contributed by atoms with Gasteiger partial charge in [0.1, 0.15) is 0 Å². The fourth-order valence-electron chi connectivity index (χ4n) is 2.23. The first kappa shape index (κ1) is 19.2. The van der Waals surface area contributed by atoms with Crippen LogP contribution in [-0.4, -0.2) is 38.0 Å². The van der Waals surface area contributed by atoms with Crippen LogP contribution in [0.15, 0.2) is 17.6 Å². The highest BCUT2D eigenvalue weighted by atomic mass is 127. The van der Waals surface area contributed by atoms with Gasteiger partial charge in [0.15, 0.2) is 5.96 Å². The lowest BCUT2D eigenvalue weighted by atomic mass is 9.95. The number of hydrogen-bond acceptors (Lipinski definition) is 2. The van der Waals surface area contributed by atoms with Crippen LogP contribution < -0.4 is 16.0 Å². The molecule has 0 aliphatic heterocycles. The van der Waals surface area contributed by atoms with Gasteiger partial charge >= 0.3 is 0 Å². The average molecular weight is 394 g/mol. The van der Waals surface area contributed by atoms with Gasteiger partial charge < -0.3 is 16.0 Å². The van der Waals surface area contributed by atoms with Gasteiger partial charge in [0, 0.05) is 32.6 Å². The van der Waals surface area contributed by atoms with Crippen molar-refractivity contribution in [2.75, 3.05) is 20.1 Å². The summed E-state index contributed by atoms with van der Waals surface area (Å²) in [6.07, 6.45) is 8.28. The largest absolute Gasteiger partial charge is 0.356 e. The molecule has 0 aromatic heterocycles. The van der Waals surface area contributed by atoms with Crippen molar-refractivity contribution in [2.24, 2.45) is 4.99 Å². The van der Waals surface area contributed by atoms with Crippen LogP contribution in [0, 0.1) is 0 Å². The lowest BCUT2D eigenvalue weighted by Gasteiger charge is -2.22. The molecule has 0 saturated heterocycles. The molecule has 0 atom stereocenters. The van der Waals surface area contributed by atoms with E-state index in [0.29, 0.717) is 31.5 Å². The summed E-state index contributed by atoms with van der Waals surface area (Å²) in [6, 6.07) is 0.388. The minimum atomic E-state index is 0. The molecule has 0 spiro atoms. The van der Waals surface area contributed by atoms with E-state index in [0.717, 1.165) is 12.8 Å². The van der Waals surface area contributed by atoms with Gasteiger partial charge in [0.25, 0.3) is 0 Å². The van der Waals surface area contributed by atoms with E-state index in [1.165, 1.54) is 19.3 Å². The van der Waals surface area contributed by atoms with Crippen molar-refractivity contribution in [1.29, 1.82) is 0 Å². The molecule has 1 saturated carbocycles. The molecule has 6 heteroatoms. The number of guanidine groups is 1. The molecule has 0 radical (unpaired) electrons. The summed E-state index contributed by atoms with van der Waals surface area (Å²) in [7, 11) is 1.71. The van der Waals surface area contributed by atoms with Crippen LogP contribution in [0.4, 0.5) is 0 Å². The second kappa shape index (κ2) is 12.0. The Hall–Kier alpha value is -0.790. The molecule has 1 amide bonds. The number of carbonyl (C=O) groups is 1. The molecule has 20 heavy (non-hydrogen) atoms. The average Bonchev–Trinajstić information content (AvgIpc) is 2.43. The second-order valence-corrected chi connectivity index (χ2v) is 4.82. The monoisotopic (exact) mass is 394 g/mol. The van der Waals surface area contributed by atoms with Gasteiger partial charge in [0.2, 0.25) is 5.91 Å². The molecule has 0 aromatic carbocycles. The van der Waals surface area contributed by atoms with Crippen molar-refractivity contribution >= 4 is 35.8 Å². The Morgan fingerprint density at radius 2 is 2.00 bits per heavy atom. The molecule has 1 aliphatic carbocycles. The van der Waals surface area contributed by atoms with Crippen molar-refractivity contribution in [3.8, 4) is 0 Å². The number of carbonyl (C=O) groups excluding carboxylic acids is 1. The van der Waals surface area contributed by atoms with E-state index in [4.69, 9.17) is 0 Å². The topological polar surface area (TPSA) is 65.5 Å². The maximum absolute atomic E-state index is 11.8. The number of nitrogens with zero attached hydrogens (tertiary/aromatic N) is 1. The predicted octanol–water partition coefficient (Wildman–Crippen LogP) is 1.79. The third kappa shape index (κ3) is 8.39. The van der Waals surface area contributed by atoms with Gasteiger partial charge in [0.05, 0.1) is 0 Å². The summed E-state index contributed by atoms with van der Waals surface area (Å²) >= 11 is 0. The first-order chi connectivity index (χ1) is 9.26. The maximum atomic E-state index is 11.8. The van der Waals surface area contributed by atoms with Gasteiger partial charge in [-0.05, 0) is 12.8 Å². The lowest BCUT2D eigenvalue weighted by molar-refractivity contribution is -0.121. The van der Waals surface area contributed by atoms with Crippen molar-refractivity contribution < 1.29 is 4.79 Å². The third-order valence-electron chi connectivity index (χ3n) is 3.25. The first-order valence-electron chi connectivity index (χ1n) is 7.11. The van der Waals surface area contributed by atoms with E-state index in [2.05, 4.69) is 27.5 Å². The summed E-state index contributed by atoms with van der Waals surface area (Å²) in [6.45, 7) is 4.88. The van der Waals surface area contributed by atoms with Gasteiger partial charge in [-0.3, -0.25) is 9.79 Å². The summed E-state index contributed by atoms with van der Waals surface area (Å²) in [5, 5.41) is 9.26. The Morgan fingerprint density at radius 1 is 1.30 bits per heavy atom. The highest BCUT2D eigenvalue weighted by molar-refractivity contribution is 14.0. The summed E-state index contributed by atoms with van der Waals surface area (Å²) in [5.74, 6) is 0.823. The predicted molar refractivity (Wildman–Crippen MR) is 94.6 cm³/mol. The zero-order valence-corrected chi connectivity index (χ0v) is 14.6. The van der Waals surface area contributed by atoms with Crippen molar-refractivity contribution in [3.05, 3.63) is 12.7 Å². The second-order valence-electron chi connectivity index (χ2n) is 4.82. The van der Waals surface area contributed by atoms with Gasteiger partial charge in [-0.25, -0.2) is 0 Å². The SMILES string of the molecule is C=CCNC(=NC)NCCC(=O)NC1CCCCC1.I. The highest BCUT2D eigenvalue weighted by Gasteiger charge is 2.15. The van der Waals surface area contributed by atoms with E-state index in [1.807, 2.05) is 0 Å². The molecule has 1 rings (SSSR count). The van der Waals surface area contributed by atoms with E-state index in [9.17, 15) is 4.79 Å². The van der Waals surface area contributed by atoms with Gasteiger partial charge in [-0.1, -0.05) is 25.3 Å². The maximum Gasteiger partial charge on any atom is 0.221 e. The zero-order valence-electron chi connectivity index (χ0n) is 12.3. The quantitative estimate of drug-likeness (QED) is 0.279. The van der Waals surface area contributed by atoms with Crippen molar-refractivity contribution in [1.82, 2.24) is 16.0 Å². The van der Waals surface area contributed by atoms with Crippen LogP contribution in [0.25, 0.3) is 0 Å². The van der Waals surface area contributed by atoms with Crippen LogP contribution in [0.1, 0.15) is 38.5 Å². The van der Waals surface area contributed by atoms with Crippen molar-refractivity contribution in [2.45, 2.75) is 44.6 Å². The molecule has 0 bridgehead atoms. The zero-order chi connectivity index (χ0) is 13.9. The molecule has 1 fully saturated rings. The molecule has 1 aliphatic rings. The number of amides is 1. The van der Waals surface area contributed by atoms with Crippen LogP contribution in [-0.2, 0) is 4.79 Å². The molecular weight excluding hydrogens is 367 g/mol. The normalized spacial score (nSPS) is 15.9. The fourth-order valence-corrected chi connectivity index (χ4v) is 2.23. The van der Waals surface area contributed by atoms with E-state index in [-0.39, 0.29) is 29.9 Å². The molecular formula is C14H27IN4O. The van der Waals surface area contributed by atoms with Crippen LogP contribution in [0.2, 0.25) is 0 Å². The van der Waals surface area contributed by atoms with Crippen LogP contribution in [0.3, 0.4) is 0 Å². The summed E-state index contributed by atoms with van der Waals surface area (Å²) < 4.78 is 0. The summed E-state index contributed by atoms with van der Waals surface area (Å²) in [5.41, 5.74) is 0. The Bertz CT molecular complexity index is 314. The van der Waals surface area contributed by atoms with E-state index in [1.54, 1.807) is 13.1 Å². The number of halogens is 1. The smallest absolute Gasteiger partial charge is 0.221 e. The van der Waals surface area contributed by atoms with Crippen LogP contribution >= 0.6 is 24.0 Å². The highest BCUT2D eigenvalue weighted by Crippen LogP contribution is 2.17. The Kier molecular flexibility index (Phi) is 11.5. The Balaban J connectivity index is 0.00000361.